The summed E-state index contributed by atoms with van der Waals surface area (Å²) < 4.78 is 3.86. The Balaban J connectivity index is 1.17. The highest BCUT2D eigenvalue weighted by molar-refractivity contribution is 7.98. The molecule has 200 valence electrons. The van der Waals surface area contributed by atoms with Gasteiger partial charge in [0.1, 0.15) is 10.3 Å². The molecule has 8 nitrogen and oxygen atoms in total. The fourth-order valence-corrected chi connectivity index (χ4v) is 6.05. The summed E-state index contributed by atoms with van der Waals surface area (Å²) in [6.07, 6.45) is 5.33. The normalized spacial score (nSPS) is 11.3. The quantitative estimate of drug-likeness (QED) is 0.135. The van der Waals surface area contributed by atoms with Gasteiger partial charge in [-0.1, -0.05) is 54.6 Å². The number of rotatable bonds is 12. The van der Waals surface area contributed by atoms with E-state index < -0.39 is 0 Å². The van der Waals surface area contributed by atoms with Crippen LogP contribution < -0.4 is 16.4 Å². The van der Waals surface area contributed by atoms with E-state index in [1.807, 2.05) is 35.7 Å². The van der Waals surface area contributed by atoms with Crippen LogP contribution in [0.5, 0.6) is 0 Å². The number of aromatic nitrogens is 4. The van der Waals surface area contributed by atoms with Crippen LogP contribution in [0.1, 0.15) is 36.9 Å². The van der Waals surface area contributed by atoms with Gasteiger partial charge in [0.25, 0.3) is 11.1 Å². The molecule has 0 fully saturated rings. The first-order valence-corrected chi connectivity index (χ1v) is 14.8. The van der Waals surface area contributed by atoms with Crippen molar-refractivity contribution < 1.29 is 4.79 Å². The fourth-order valence-electron chi connectivity index (χ4n) is 4.36. The molecular formula is C29H29N5O3S2. The van der Waals surface area contributed by atoms with Gasteiger partial charge < -0.3 is 5.32 Å². The summed E-state index contributed by atoms with van der Waals surface area (Å²) in [7, 11) is 0. The van der Waals surface area contributed by atoms with Gasteiger partial charge in [0, 0.05) is 37.5 Å². The minimum Gasteiger partial charge on any atom is -0.356 e. The van der Waals surface area contributed by atoms with E-state index >= 15 is 0 Å². The van der Waals surface area contributed by atoms with Crippen molar-refractivity contribution in [2.24, 2.45) is 0 Å². The number of nitrogens with one attached hydrogen (secondary N) is 1. The highest BCUT2D eigenvalue weighted by Crippen LogP contribution is 2.24. The number of benzene rings is 1. The number of fused-ring (bicyclic) bond motifs is 2. The van der Waals surface area contributed by atoms with E-state index in [0.29, 0.717) is 52.0 Å². The van der Waals surface area contributed by atoms with Crippen molar-refractivity contribution >= 4 is 44.9 Å². The number of nitrogens with zero attached hydrogens (tertiary/aromatic N) is 4. The highest BCUT2D eigenvalue weighted by Gasteiger charge is 2.14. The van der Waals surface area contributed by atoms with Gasteiger partial charge in [-0.25, -0.2) is 9.97 Å². The molecule has 4 aromatic heterocycles. The molecule has 4 heterocycles. The number of hydrogen-bond acceptors (Lipinski definition) is 7. The topological polar surface area (TPSA) is 98.4 Å². The largest absolute Gasteiger partial charge is 0.356 e. The second-order valence-electron chi connectivity index (χ2n) is 9.19. The van der Waals surface area contributed by atoms with Crippen molar-refractivity contribution in [1.29, 1.82) is 0 Å². The first-order chi connectivity index (χ1) is 19.1. The zero-order chi connectivity index (χ0) is 27.0. The number of unbranched alkanes of at least 4 members (excludes halogenated alkanes) is 2. The molecule has 1 aromatic carbocycles. The molecule has 0 atom stereocenters. The van der Waals surface area contributed by atoms with Gasteiger partial charge in [-0.05, 0) is 48.4 Å². The summed E-state index contributed by atoms with van der Waals surface area (Å²) in [4.78, 5) is 47.2. The summed E-state index contributed by atoms with van der Waals surface area (Å²) in [5.74, 6) is 0.478. The molecule has 0 saturated heterocycles. The van der Waals surface area contributed by atoms with Crippen LogP contribution in [0.4, 0.5) is 0 Å². The van der Waals surface area contributed by atoms with E-state index in [1.54, 1.807) is 22.9 Å². The molecule has 0 aliphatic carbocycles. The van der Waals surface area contributed by atoms with Gasteiger partial charge >= 0.3 is 0 Å². The average molecular weight is 560 g/mol. The molecule has 39 heavy (non-hydrogen) atoms. The maximum atomic E-state index is 13.2. The van der Waals surface area contributed by atoms with Crippen LogP contribution in [0.3, 0.4) is 0 Å². The third-order valence-electron chi connectivity index (χ3n) is 6.37. The number of thiophene rings is 1. The van der Waals surface area contributed by atoms with Crippen LogP contribution in [0.25, 0.3) is 15.9 Å². The zero-order valence-corrected chi connectivity index (χ0v) is 23.0. The van der Waals surface area contributed by atoms with E-state index in [9.17, 15) is 14.4 Å². The van der Waals surface area contributed by atoms with Crippen LogP contribution in [0, 0.1) is 0 Å². The molecule has 0 saturated carbocycles. The summed E-state index contributed by atoms with van der Waals surface area (Å²) in [5.41, 5.74) is 2.92. The maximum absolute atomic E-state index is 13.2. The second-order valence-corrected chi connectivity index (χ2v) is 11.0. The Morgan fingerprint density at radius 2 is 1.82 bits per heavy atom. The number of carbonyl (C=O) groups is 1. The molecule has 0 spiro atoms. The van der Waals surface area contributed by atoms with E-state index in [4.69, 9.17) is 4.98 Å². The van der Waals surface area contributed by atoms with Crippen molar-refractivity contribution in [3.63, 3.8) is 0 Å². The standard InChI is InChI=1S/C29H29N5O3S2/c35-25(30-15-13-21-9-3-1-4-10-21)12-5-2-7-17-34-28(37)27-23(14-18-38-27)32-29(34)39-20-22-19-26(36)33-16-8-6-11-24(33)31-22/h1,3-4,6,8-11,14,16,18-19H,2,5,7,12-13,15,17,20H2,(H,30,35). The Kier molecular flexibility index (Phi) is 8.85. The highest BCUT2D eigenvalue weighted by atomic mass is 32.2. The molecule has 1 amide bonds. The van der Waals surface area contributed by atoms with Crippen LogP contribution in [0.15, 0.2) is 87.0 Å². The number of thioether (sulfide) groups is 1. The number of hydrogen-bond donors (Lipinski definition) is 1. The minimum atomic E-state index is -0.140. The Morgan fingerprint density at radius 1 is 0.974 bits per heavy atom. The molecule has 5 aromatic rings. The third kappa shape index (κ3) is 6.82. The maximum Gasteiger partial charge on any atom is 0.272 e. The second kappa shape index (κ2) is 12.9. The van der Waals surface area contributed by atoms with Gasteiger partial charge in [0.15, 0.2) is 5.16 Å². The Morgan fingerprint density at radius 3 is 2.69 bits per heavy atom. The van der Waals surface area contributed by atoms with Crippen LogP contribution in [0.2, 0.25) is 0 Å². The molecule has 0 bridgehead atoms. The fraction of sp³-hybridized carbons (Fsp3) is 0.276. The summed E-state index contributed by atoms with van der Waals surface area (Å²) >= 11 is 2.80. The van der Waals surface area contributed by atoms with Crippen molar-refractivity contribution in [2.45, 2.75) is 49.6 Å². The van der Waals surface area contributed by atoms with Crippen molar-refractivity contribution in [3.05, 3.63) is 104 Å². The molecule has 1 N–H and O–H groups in total. The lowest BCUT2D eigenvalue weighted by atomic mass is 10.1. The van der Waals surface area contributed by atoms with Crippen molar-refractivity contribution in [3.8, 4) is 0 Å². The monoisotopic (exact) mass is 559 g/mol. The van der Waals surface area contributed by atoms with Crippen molar-refractivity contribution in [2.75, 3.05) is 6.54 Å². The third-order valence-corrected chi connectivity index (χ3v) is 8.27. The van der Waals surface area contributed by atoms with Crippen LogP contribution in [-0.4, -0.2) is 31.4 Å². The Hall–Kier alpha value is -3.76. The molecular weight excluding hydrogens is 530 g/mol. The predicted octanol–water partition coefficient (Wildman–Crippen LogP) is 4.68. The molecule has 5 rings (SSSR count). The average Bonchev–Trinajstić information content (AvgIpc) is 3.42. The first-order valence-electron chi connectivity index (χ1n) is 13.0. The van der Waals surface area contributed by atoms with Crippen LogP contribution >= 0.6 is 23.1 Å². The molecule has 10 heteroatoms. The number of pyridine rings is 1. The zero-order valence-electron chi connectivity index (χ0n) is 21.4. The molecule has 0 aliphatic heterocycles. The Labute approximate surface area is 233 Å². The lowest BCUT2D eigenvalue weighted by molar-refractivity contribution is -0.121. The Bertz CT molecular complexity index is 1690. The lowest BCUT2D eigenvalue weighted by Gasteiger charge is -2.12. The van der Waals surface area contributed by atoms with Gasteiger partial charge in [-0.15, -0.1) is 11.3 Å². The van der Waals surface area contributed by atoms with Gasteiger partial charge in [0.05, 0.1) is 11.2 Å². The minimum absolute atomic E-state index is 0.0531. The molecule has 0 unspecified atom stereocenters. The van der Waals surface area contributed by atoms with Crippen molar-refractivity contribution in [1.82, 2.24) is 24.3 Å². The summed E-state index contributed by atoms with van der Waals surface area (Å²) in [6, 6.07) is 18.9. The van der Waals surface area contributed by atoms with E-state index in [0.717, 1.165) is 25.7 Å². The molecule has 0 aliphatic rings. The van der Waals surface area contributed by atoms with E-state index in [2.05, 4.69) is 22.4 Å². The van der Waals surface area contributed by atoms with E-state index in [-0.39, 0.29) is 17.0 Å². The predicted molar refractivity (Wildman–Crippen MR) is 157 cm³/mol. The van der Waals surface area contributed by atoms with Gasteiger partial charge in [-0.3, -0.25) is 23.4 Å². The summed E-state index contributed by atoms with van der Waals surface area (Å²) in [5, 5.41) is 5.47. The lowest BCUT2D eigenvalue weighted by Crippen LogP contribution is -2.25. The smallest absolute Gasteiger partial charge is 0.272 e. The number of amides is 1. The van der Waals surface area contributed by atoms with Crippen LogP contribution in [-0.2, 0) is 23.5 Å². The SMILES string of the molecule is O=C(CCCCCn1c(SCc2cc(=O)n3ccccc3n2)nc2ccsc2c1=O)NCCc1ccccc1. The molecule has 0 radical (unpaired) electrons. The summed E-state index contributed by atoms with van der Waals surface area (Å²) in [6.45, 7) is 1.15. The van der Waals surface area contributed by atoms with E-state index in [1.165, 1.54) is 39.1 Å². The number of carbonyl (C=O) groups excluding carboxylic acids is 1. The van der Waals surface area contributed by atoms with Gasteiger partial charge in [-0.2, -0.15) is 0 Å². The first kappa shape index (κ1) is 26.8. The van der Waals surface area contributed by atoms with Gasteiger partial charge in [0.2, 0.25) is 5.91 Å².